The second kappa shape index (κ2) is 6.19. The normalized spacial score (nSPS) is 10.3. The maximum Gasteiger partial charge on any atom is 0.254 e. The minimum absolute atomic E-state index is 0.0655. The molecule has 0 unspecified atom stereocenters. The molecular weight excluding hydrogens is 257 g/mol. The number of carbonyl (C=O) groups is 1. The van der Waals surface area contributed by atoms with E-state index >= 15 is 0 Å². The predicted molar refractivity (Wildman–Crippen MR) is 75.3 cm³/mol. The maximum atomic E-state index is 13.8. The standard InChI is InChI=1S/C16H16FNO2/c1-11-3-2-4-14(15(11)17)16(20)18-10-9-12-5-7-13(19)8-6-12/h2-8,19H,9-10H2,1H3,(H,18,20). The summed E-state index contributed by atoms with van der Waals surface area (Å²) in [6.07, 6.45) is 0.624. The maximum absolute atomic E-state index is 13.8. The molecule has 0 aliphatic carbocycles. The number of halogens is 1. The Morgan fingerprint density at radius 2 is 1.90 bits per heavy atom. The first-order valence-electron chi connectivity index (χ1n) is 6.39. The lowest BCUT2D eigenvalue weighted by Crippen LogP contribution is -2.26. The average molecular weight is 273 g/mol. The van der Waals surface area contributed by atoms with Crippen molar-refractivity contribution in [2.24, 2.45) is 0 Å². The van der Waals surface area contributed by atoms with Gasteiger partial charge in [0.05, 0.1) is 5.56 Å². The van der Waals surface area contributed by atoms with Crippen molar-refractivity contribution in [1.29, 1.82) is 0 Å². The molecule has 0 aliphatic rings. The zero-order valence-corrected chi connectivity index (χ0v) is 11.2. The Morgan fingerprint density at radius 3 is 2.60 bits per heavy atom. The van der Waals surface area contributed by atoms with Crippen LogP contribution in [0, 0.1) is 12.7 Å². The van der Waals surface area contributed by atoms with Gasteiger partial charge in [0.1, 0.15) is 11.6 Å². The van der Waals surface area contributed by atoms with Crippen molar-refractivity contribution in [3.8, 4) is 5.75 Å². The molecule has 3 nitrogen and oxygen atoms in total. The van der Waals surface area contributed by atoms with Crippen molar-refractivity contribution in [2.45, 2.75) is 13.3 Å². The van der Waals surface area contributed by atoms with Gasteiger partial charge in [-0.3, -0.25) is 4.79 Å². The molecule has 20 heavy (non-hydrogen) atoms. The van der Waals surface area contributed by atoms with Gasteiger partial charge in [0.15, 0.2) is 0 Å². The quantitative estimate of drug-likeness (QED) is 0.900. The summed E-state index contributed by atoms with van der Waals surface area (Å²) in [6, 6.07) is 11.5. The first kappa shape index (κ1) is 14.1. The van der Waals surface area contributed by atoms with E-state index in [0.717, 1.165) is 5.56 Å². The van der Waals surface area contributed by atoms with Crippen LogP contribution < -0.4 is 5.32 Å². The molecule has 2 rings (SSSR count). The van der Waals surface area contributed by atoms with Gasteiger partial charge in [0.25, 0.3) is 5.91 Å². The summed E-state index contributed by atoms with van der Waals surface area (Å²) in [5, 5.41) is 11.9. The smallest absolute Gasteiger partial charge is 0.254 e. The van der Waals surface area contributed by atoms with Crippen molar-refractivity contribution >= 4 is 5.91 Å². The highest BCUT2D eigenvalue weighted by molar-refractivity contribution is 5.94. The number of phenolic OH excluding ortho intramolecular Hbond substituents is 1. The highest BCUT2D eigenvalue weighted by Gasteiger charge is 2.12. The molecule has 0 aromatic heterocycles. The Bertz CT molecular complexity index is 608. The van der Waals surface area contributed by atoms with Gasteiger partial charge >= 0.3 is 0 Å². The molecule has 1 amide bonds. The topological polar surface area (TPSA) is 49.3 Å². The second-order valence-corrected chi connectivity index (χ2v) is 4.61. The molecule has 0 atom stereocenters. The van der Waals surface area contributed by atoms with E-state index in [1.807, 2.05) is 0 Å². The minimum Gasteiger partial charge on any atom is -0.508 e. The highest BCUT2D eigenvalue weighted by atomic mass is 19.1. The second-order valence-electron chi connectivity index (χ2n) is 4.61. The lowest BCUT2D eigenvalue weighted by Gasteiger charge is -2.07. The molecule has 2 aromatic carbocycles. The zero-order valence-electron chi connectivity index (χ0n) is 11.2. The molecule has 104 valence electrons. The Labute approximate surface area is 117 Å². The lowest BCUT2D eigenvalue weighted by atomic mass is 10.1. The van der Waals surface area contributed by atoms with E-state index in [1.165, 1.54) is 6.07 Å². The molecular formula is C16H16FNO2. The number of phenols is 1. The first-order valence-corrected chi connectivity index (χ1v) is 6.39. The van der Waals surface area contributed by atoms with Crippen LogP contribution in [0.4, 0.5) is 4.39 Å². The molecule has 0 spiro atoms. The monoisotopic (exact) mass is 273 g/mol. The van der Waals surface area contributed by atoms with Crippen LogP contribution in [-0.2, 0) is 6.42 Å². The van der Waals surface area contributed by atoms with Crippen LogP contribution in [0.25, 0.3) is 0 Å². The fourth-order valence-corrected chi connectivity index (χ4v) is 1.90. The number of nitrogens with one attached hydrogen (secondary N) is 1. The van der Waals surface area contributed by atoms with Crippen LogP contribution in [0.1, 0.15) is 21.5 Å². The highest BCUT2D eigenvalue weighted by Crippen LogP contribution is 2.12. The van der Waals surface area contributed by atoms with Crippen LogP contribution in [0.5, 0.6) is 5.75 Å². The third-order valence-electron chi connectivity index (χ3n) is 3.07. The van der Waals surface area contributed by atoms with Crippen molar-refractivity contribution in [2.75, 3.05) is 6.54 Å². The number of amides is 1. The molecule has 2 aromatic rings. The van der Waals surface area contributed by atoms with Gasteiger partial charge in [-0.15, -0.1) is 0 Å². The molecule has 4 heteroatoms. The van der Waals surface area contributed by atoms with Crippen LogP contribution in [-0.4, -0.2) is 17.6 Å². The van der Waals surface area contributed by atoms with Crippen molar-refractivity contribution in [1.82, 2.24) is 5.32 Å². The Balaban J connectivity index is 1.92. The molecule has 0 saturated carbocycles. The predicted octanol–water partition coefficient (Wildman–Crippen LogP) is 2.81. The number of aryl methyl sites for hydroxylation is 1. The number of hydrogen-bond acceptors (Lipinski definition) is 2. The van der Waals surface area contributed by atoms with Crippen molar-refractivity contribution in [3.63, 3.8) is 0 Å². The molecule has 0 heterocycles. The van der Waals surface area contributed by atoms with E-state index in [2.05, 4.69) is 5.32 Å². The van der Waals surface area contributed by atoms with E-state index in [0.29, 0.717) is 18.5 Å². The number of aromatic hydroxyl groups is 1. The molecule has 0 radical (unpaired) electrons. The van der Waals surface area contributed by atoms with E-state index < -0.39 is 11.7 Å². The first-order chi connectivity index (χ1) is 9.58. The Kier molecular flexibility index (Phi) is 4.35. The third-order valence-corrected chi connectivity index (χ3v) is 3.07. The average Bonchev–Trinajstić information content (AvgIpc) is 2.44. The molecule has 0 bridgehead atoms. The van der Waals surface area contributed by atoms with E-state index in [4.69, 9.17) is 5.11 Å². The van der Waals surface area contributed by atoms with E-state index in [-0.39, 0.29) is 11.3 Å². The van der Waals surface area contributed by atoms with Gasteiger partial charge in [-0.05, 0) is 42.7 Å². The SMILES string of the molecule is Cc1cccc(C(=O)NCCc2ccc(O)cc2)c1F. The Hall–Kier alpha value is -2.36. The number of rotatable bonds is 4. The number of benzene rings is 2. The van der Waals surface area contributed by atoms with Gasteiger partial charge in [0, 0.05) is 6.54 Å². The van der Waals surface area contributed by atoms with Crippen molar-refractivity contribution in [3.05, 3.63) is 65.0 Å². The summed E-state index contributed by atoms with van der Waals surface area (Å²) in [7, 11) is 0. The fraction of sp³-hybridized carbons (Fsp3) is 0.188. The molecule has 0 aliphatic heterocycles. The summed E-state index contributed by atoms with van der Waals surface area (Å²) >= 11 is 0. The number of hydrogen-bond donors (Lipinski definition) is 2. The van der Waals surface area contributed by atoms with Crippen LogP contribution in [0.3, 0.4) is 0 Å². The summed E-state index contributed by atoms with van der Waals surface area (Å²) in [6.45, 7) is 2.04. The Morgan fingerprint density at radius 1 is 1.20 bits per heavy atom. The van der Waals surface area contributed by atoms with Crippen molar-refractivity contribution < 1.29 is 14.3 Å². The van der Waals surface area contributed by atoms with Gasteiger partial charge in [-0.2, -0.15) is 0 Å². The molecule has 0 saturated heterocycles. The summed E-state index contributed by atoms with van der Waals surface area (Å²) < 4.78 is 13.8. The lowest BCUT2D eigenvalue weighted by molar-refractivity contribution is 0.0950. The van der Waals surface area contributed by atoms with Gasteiger partial charge in [-0.25, -0.2) is 4.39 Å². The zero-order chi connectivity index (χ0) is 14.5. The van der Waals surface area contributed by atoms with Crippen LogP contribution in [0.15, 0.2) is 42.5 Å². The van der Waals surface area contributed by atoms with Gasteiger partial charge in [0.2, 0.25) is 0 Å². The van der Waals surface area contributed by atoms with Crippen LogP contribution in [0.2, 0.25) is 0 Å². The van der Waals surface area contributed by atoms with Crippen LogP contribution >= 0.6 is 0 Å². The largest absolute Gasteiger partial charge is 0.508 e. The summed E-state index contributed by atoms with van der Waals surface area (Å²) in [5.41, 5.74) is 1.51. The third kappa shape index (κ3) is 3.35. The van der Waals surface area contributed by atoms with Gasteiger partial charge < -0.3 is 10.4 Å². The van der Waals surface area contributed by atoms with E-state index in [1.54, 1.807) is 43.3 Å². The van der Waals surface area contributed by atoms with E-state index in [9.17, 15) is 9.18 Å². The summed E-state index contributed by atoms with van der Waals surface area (Å²) in [5.74, 6) is -0.681. The summed E-state index contributed by atoms with van der Waals surface area (Å²) in [4.78, 5) is 11.9. The molecule has 2 N–H and O–H groups in total. The number of carbonyl (C=O) groups excluding carboxylic acids is 1. The fourth-order valence-electron chi connectivity index (χ4n) is 1.90. The minimum atomic E-state index is -0.477. The molecule has 0 fully saturated rings. The van der Waals surface area contributed by atoms with Gasteiger partial charge in [-0.1, -0.05) is 24.3 Å².